The normalized spacial score (nSPS) is 12.1. The van der Waals surface area contributed by atoms with Crippen LogP contribution in [-0.4, -0.2) is 9.55 Å². The number of imidazole rings is 1. The van der Waals surface area contributed by atoms with Gasteiger partial charge in [-0.25, -0.2) is 13.8 Å². The predicted octanol–water partition coefficient (Wildman–Crippen LogP) is 9.12. The summed E-state index contributed by atoms with van der Waals surface area (Å²) in [5, 5.41) is 0.876. The van der Waals surface area contributed by atoms with Gasteiger partial charge in [-0.1, -0.05) is 58.0 Å². The summed E-state index contributed by atoms with van der Waals surface area (Å²) < 4.78 is 37.4. The number of fused-ring (bicyclic) bond motifs is 4. The van der Waals surface area contributed by atoms with E-state index in [9.17, 15) is 4.39 Å². The van der Waals surface area contributed by atoms with Gasteiger partial charge in [0.15, 0.2) is 0 Å². The van der Waals surface area contributed by atoms with E-state index in [1.54, 1.807) is 12.1 Å². The molecule has 36 heavy (non-hydrogen) atoms. The van der Waals surface area contributed by atoms with Gasteiger partial charge in [0.1, 0.15) is 28.6 Å². The second-order valence-corrected chi connectivity index (χ2v) is 9.90. The molecule has 0 aliphatic carbocycles. The second kappa shape index (κ2) is 8.30. The summed E-state index contributed by atoms with van der Waals surface area (Å²) in [4.78, 5) is 5.03. The highest BCUT2D eigenvalue weighted by molar-refractivity contribution is 6.10. The van der Waals surface area contributed by atoms with Crippen LogP contribution in [0.4, 0.5) is 8.78 Å². The first-order valence-corrected chi connectivity index (χ1v) is 12.3. The molecule has 0 fully saturated rings. The van der Waals surface area contributed by atoms with Crippen LogP contribution in [0.3, 0.4) is 0 Å². The van der Waals surface area contributed by atoms with E-state index in [2.05, 4.69) is 56.5 Å². The molecule has 6 rings (SSSR count). The molecule has 180 valence electrons. The molecule has 2 heterocycles. The predicted molar refractivity (Wildman–Crippen MR) is 142 cm³/mol. The van der Waals surface area contributed by atoms with Crippen molar-refractivity contribution in [3.8, 4) is 17.1 Å². The number of furan rings is 1. The average Bonchev–Trinajstić information content (AvgIpc) is 3.42. The molecule has 0 N–H and O–H groups in total. The number of hydrogen-bond donors (Lipinski definition) is 0. The summed E-state index contributed by atoms with van der Waals surface area (Å²) in [6.07, 6.45) is 0. The van der Waals surface area contributed by atoms with Gasteiger partial charge >= 0.3 is 0 Å². The van der Waals surface area contributed by atoms with E-state index >= 15 is 4.39 Å². The minimum atomic E-state index is -0.428. The Kier molecular flexibility index (Phi) is 5.18. The molecule has 0 spiro atoms. The molecule has 0 aliphatic rings. The van der Waals surface area contributed by atoms with Crippen molar-refractivity contribution in [1.29, 1.82) is 0 Å². The molecule has 0 saturated carbocycles. The summed E-state index contributed by atoms with van der Waals surface area (Å²) in [5.74, 6) is 0.372. The fraction of sp³-hybridized carbons (Fsp3) is 0.194. The number of halogens is 2. The lowest BCUT2D eigenvalue weighted by Gasteiger charge is -2.22. The van der Waals surface area contributed by atoms with Crippen LogP contribution >= 0.6 is 0 Å². The van der Waals surface area contributed by atoms with Crippen molar-refractivity contribution in [2.75, 3.05) is 0 Å². The Hall–Kier alpha value is -3.99. The molecule has 3 nitrogen and oxygen atoms in total. The fourth-order valence-electron chi connectivity index (χ4n) is 5.19. The Bertz CT molecular complexity index is 1750. The lowest BCUT2D eigenvalue weighted by Crippen LogP contribution is -2.08. The third-order valence-corrected chi connectivity index (χ3v) is 6.90. The minimum absolute atomic E-state index is 0.273. The van der Waals surface area contributed by atoms with E-state index < -0.39 is 11.6 Å². The summed E-state index contributed by atoms with van der Waals surface area (Å²) in [6, 6.07) is 21.8. The summed E-state index contributed by atoms with van der Waals surface area (Å²) in [5.41, 5.74) is 6.62. The van der Waals surface area contributed by atoms with Crippen molar-refractivity contribution < 1.29 is 13.2 Å². The fourth-order valence-corrected chi connectivity index (χ4v) is 5.19. The lowest BCUT2D eigenvalue weighted by atomic mass is 9.92. The molecular formula is C31H26F2N2O. The lowest BCUT2D eigenvalue weighted by molar-refractivity contribution is 0.617. The molecule has 0 saturated heterocycles. The van der Waals surface area contributed by atoms with E-state index in [-0.39, 0.29) is 11.8 Å². The molecule has 0 unspecified atom stereocenters. The second-order valence-electron chi connectivity index (χ2n) is 9.90. The maximum atomic E-state index is 15.1. The first-order valence-electron chi connectivity index (χ1n) is 12.3. The van der Waals surface area contributed by atoms with E-state index in [1.165, 1.54) is 29.3 Å². The summed E-state index contributed by atoms with van der Waals surface area (Å²) >= 11 is 0. The molecular weight excluding hydrogens is 454 g/mol. The number of aromatic nitrogens is 2. The van der Waals surface area contributed by atoms with Gasteiger partial charge in [0.2, 0.25) is 0 Å². The van der Waals surface area contributed by atoms with Crippen LogP contribution < -0.4 is 0 Å². The van der Waals surface area contributed by atoms with Gasteiger partial charge in [0.25, 0.3) is 0 Å². The number of hydrogen-bond acceptors (Lipinski definition) is 2. The zero-order valence-electron chi connectivity index (χ0n) is 20.6. The molecule has 0 atom stereocenters. The van der Waals surface area contributed by atoms with Crippen LogP contribution in [0.25, 0.3) is 50.0 Å². The van der Waals surface area contributed by atoms with Crippen LogP contribution in [0.1, 0.15) is 50.7 Å². The van der Waals surface area contributed by atoms with Crippen LogP contribution in [-0.2, 0) is 0 Å². The molecule has 6 aromatic rings. The molecule has 5 heteroatoms. The Morgan fingerprint density at radius 3 is 2.25 bits per heavy atom. The zero-order valence-corrected chi connectivity index (χ0v) is 20.6. The minimum Gasteiger partial charge on any atom is -0.455 e. The standard InChI is InChI=1S/C31H26F2N2O/c1-17(2)20-8-7-9-21(18(3)4)29(20)35-26-11-6-5-10-25(26)34-31(35)23-14-15-24(33)28-22-13-12-19(32)16-27(22)36-30(23)28/h5-18H,1-4H3. The van der Waals surface area contributed by atoms with Crippen molar-refractivity contribution in [2.24, 2.45) is 0 Å². The molecule has 4 aromatic carbocycles. The van der Waals surface area contributed by atoms with Crippen LogP contribution in [0.2, 0.25) is 0 Å². The molecule has 0 radical (unpaired) electrons. The molecule has 2 aromatic heterocycles. The molecule has 0 aliphatic heterocycles. The van der Waals surface area contributed by atoms with Gasteiger partial charge in [0.05, 0.1) is 27.7 Å². The van der Waals surface area contributed by atoms with Crippen LogP contribution in [0.15, 0.2) is 77.2 Å². The van der Waals surface area contributed by atoms with Gasteiger partial charge in [0, 0.05) is 11.5 Å². The zero-order chi connectivity index (χ0) is 25.1. The smallest absolute Gasteiger partial charge is 0.149 e. The van der Waals surface area contributed by atoms with Crippen LogP contribution in [0, 0.1) is 11.6 Å². The maximum Gasteiger partial charge on any atom is 0.149 e. The third-order valence-electron chi connectivity index (χ3n) is 6.90. The van der Waals surface area contributed by atoms with Crippen molar-refractivity contribution in [2.45, 2.75) is 39.5 Å². The highest BCUT2D eigenvalue weighted by Crippen LogP contribution is 2.41. The summed E-state index contributed by atoms with van der Waals surface area (Å²) in [7, 11) is 0. The topological polar surface area (TPSA) is 31.0 Å². The van der Waals surface area contributed by atoms with Gasteiger partial charge in [-0.05, 0) is 59.4 Å². The molecule has 0 bridgehead atoms. The van der Waals surface area contributed by atoms with Crippen molar-refractivity contribution >= 4 is 33.0 Å². The monoisotopic (exact) mass is 480 g/mol. The number of para-hydroxylation sites is 3. The van der Waals surface area contributed by atoms with E-state index in [0.717, 1.165) is 16.7 Å². The van der Waals surface area contributed by atoms with Gasteiger partial charge in [-0.15, -0.1) is 0 Å². The van der Waals surface area contributed by atoms with Crippen LogP contribution in [0.5, 0.6) is 0 Å². The average molecular weight is 481 g/mol. The SMILES string of the molecule is CC(C)c1cccc(C(C)C)c1-n1c(-c2ccc(F)c3c2oc2cc(F)ccc23)nc2ccccc21. The van der Waals surface area contributed by atoms with Crippen molar-refractivity contribution in [3.05, 3.63) is 95.6 Å². The number of benzene rings is 4. The number of rotatable bonds is 4. The Morgan fingerprint density at radius 1 is 0.806 bits per heavy atom. The van der Waals surface area contributed by atoms with E-state index in [4.69, 9.17) is 9.40 Å². The highest BCUT2D eigenvalue weighted by atomic mass is 19.1. The quantitative estimate of drug-likeness (QED) is 0.252. The Balaban J connectivity index is 1.78. The van der Waals surface area contributed by atoms with Gasteiger partial charge in [-0.3, -0.25) is 4.57 Å². The van der Waals surface area contributed by atoms with E-state index in [0.29, 0.717) is 33.3 Å². The first-order chi connectivity index (χ1) is 17.3. The van der Waals surface area contributed by atoms with E-state index in [1.807, 2.05) is 18.2 Å². The largest absolute Gasteiger partial charge is 0.455 e. The number of nitrogens with zero attached hydrogens (tertiary/aromatic N) is 2. The summed E-state index contributed by atoms with van der Waals surface area (Å²) in [6.45, 7) is 8.74. The highest BCUT2D eigenvalue weighted by Gasteiger charge is 2.25. The maximum absolute atomic E-state index is 15.1. The van der Waals surface area contributed by atoms with Gasteiger partial charge < -0.3 is 4.42 Å². The third kappa shape index (κ3) is 3.34. The Morgan fingerprint density at radius 2 is 1.53 bits per heavy atom. The van der Waals surface area contributed by atoms with Crippen molar-refractivity contribution in [3.63, 3.8) is 0 Å². The Labute approximate surface area is 208 Å². The molecule has 0 amide bonds. The first kappa shape index (κ1) is 22.5. The van der Waals surface area contributed by atoms with Crippen molar-refractivity contribution in [1.82, 2.24) is 9.55 Å². The van der Waals surface area contributed by atoms with Gasteiger partial charge in [-0.2, -0.15) is 0 Å².